The van der Waals surface area contributed by atoms with Gasteiger partial charge in [-0.05, 0) is 51.4 Å². The molecular formula is C34H62O4. The third-order valence-electron chi connectivity index (χ3n) is 7.13. The lowest BCUT2D eigenvalue weighted by Gasteiger charge is -2.05. The van der Waals surface area contributed by atoms with E-state index in [2.05, 4.69) is 31.2 Å². The van der Waals surface area contributed by atoms with E-state index in [1.165, 1.54) is 109 Å². The van der Waals surface area contributed by atoms with E-state index in [0.29, 0.717) is 19.4 Å². The lowest BCUT2D eigenvalue weighted by atomic mass is 10.0. The van der Waals surface area contributed by atoms with Crippen LogP contribution in [0.25, 0.3) is 0 Å². The maximum atomic E-state index is 11.9. The maximum Gasteiger partial charge on any atom is 0.305 e. The summed E-state index contributed by atoms with van der Waals surface area (Å²) >= 11 is 0. The van der Waals surface area contributed by atoms with Gasteiger partial charge in [-0.2, -0.15) is 0 Å². The summed E-state index contributed by atoms with van der Waals surface area (Å²) in [4.78, 5) is 22.3. The molecule has 0 aromatic carbocycles. The Morgan fingerprint density at radius 2 is 0.947 bits per heavy atom. The molecule has 0 aromatic heterocycles. The summed E-state index contributed by atoms with van der Waals surface area (Å²) in [5.41, 5.74) is 0. The van der Waals surface area contributed by atoms with Gasteiger partial charge in [0.15, 0.2) is 0 Å². The molecule has 1 N–H and O–H groups in total. The number of rotatable bonds is 30. The molecular weight excluding hydrogens is 472 g/mol. The quantitative estimate of drug-likeness (QED) is 0.0565. The Morgan fingerprint density at radius 1 is 0.526 bits per heavy atom. The van der Waals surface area contributed by atoms with Crippen molar-refractivity contribution in [2.75, 3.05) is 6.61 Å². The average molecular weight is 535 g/mol. The molecule has 0 bridgehead atoms. The highest BCUT2D eigenvalue weighted by atomic mass is 16.5. The Balaban J connectivity index is 3.23. The van der Waals surface area contributed by atoms with Crippen LogP contribution in [0.4, 0.5) is 0 Å². The summed E-state index contributed by atoms with van der Waals surface area (Å²) in [5.74, 6) is -0.689. The number of aliphatic carboxylic acids is 1. The maximum absolute atomic E-state index is 11.9. The predicted octanol–water partition coefficient (Wildman–Crippen LogP) is 10.9. The minimum absolute atomic E-state index is 0.0161. The van der Waals surface area contributed by atoms with Crippen molar-refractivity contribution in [1.29, 1.82) is 0 Å². The summed E-state index contributed by atoms with van der Waals surface area (Å²) in [6.07, 6.45) is 38.8. The molecule has 0 rings (SSSR count). The molecule has 38 heavy (non-hydrogen) atoms. The lowest BCUT2D eigenvalue weighted by Crippen LogP contribution is -2.05. The normalized spacial score (nSPS) is 11.6. The van der Waals surface area contributed by atoms with Gasteiger partial charge in [0, 0.05) is 12.8 Å². The van der Waals surface area contributed by atoms with Crippen molar-refractivity contribution in [3.63, 3.8) is 0 Å². The summed E-state index contributed by atoms with van der Waals surface area (Å²) in [7, 11) is 0. The Kier molecular flexibility index (Phi) is 30.3. The molecule has 0 atom stereocenters. The van der Waals surface area contributed by atoms with Gasteiger partial charge in [-0.15, -0.1) is 0 Å². The lowest BCUT2D eigenvalue weighted by molar-refractivity contribution is -0.144. The number of carboxylic acids is 1. The largest absolute Gasteiger partial charge is 0.481 e. The van der Waals surface area contributed by atoms with Crippen LogP contribution in [-0.4, -0.2) is 23.7 Å². The van der Waals surface area contributed by atoms with Crippen LogP contribution in [-0.2, 0) is 14.3 Å². The van der Waals surface area contributed by atoms with Crippen molar-refractivity contribution in [3.8, 4) is 0 Å². The molecule has 0 heterocycles. The number of ether oxygens (including phenoxy) is 1. The van der Waals surface area contributed by atoms with Crippen LogP contribution in [0.15, 0.2) is 24.3 Å². The first-order valence-corrected chi connectivity index (χ1v) is 16.3. The van der Waals surface area contributed by atoms with Crippen molar-refractivity contribution in [2.45, 2.75) is 174 Å². The van der Waals surface area contributed by atoms with E-state index < -0.39 is 5.97 Å². The molecule has 0 saturated carbocycles. The number of carbonyl (C=O) groups excluding carboxylic acids is 1. The highest BCUT2D eigenvalue weighted by Gasteiger charge is 2.02. The minimum Gasteiger partial charge on any atom is -0.481 e. The Morgan fingerprint density at radius 3 is 1.45 bits per heavy atom. The second-order valence-electron chi connectivity index (χ2n) is 10.9. The molecule has 0 fully saturated rings. The molecule has 4 heteroatoms. The molecule has 0 saturated heterocycles. The summed E-state index contributed by atoms with van der Waals surface area (Å²) in [6, 6.07) is 0. The van der Waals surface area contributed by atoms with Crippen LogP contribution in [0.1, 0.15) is 174 Å². The predicted molar refractivity (Wildman–Crippen MR) is 163 cm³/mol. The van der Waals surface area contributed by atoms with Crippen LogP contribution in [0.2, 0.25) is 0 Å². The number of unbranched alkanes of at least 4 members (excludes halogenated alkanes) is 20. The number of hydrogen-bond donors (Lipinski definition) is 1. The van der Waals surface area contributed by atoms with Gasteiger partial charge in [0.05, 0.1) is 6.61 Å². The van der Waals surface area contributed by atoms with Crippen LogP contribution in [0.5, 0.6) is 0 Å². The number of hydrogen-bond acceptors (Lipinski definition) is 3. The van der Waals surface area contributed by atoms with Gasteiger partial charge >= 0.3 is 11.9 Å². The minimum atomic E-state index is -0.672. The monoisotopic (exact) mass is 534 g/mol. The van der Waals surface area contributed by atoms with Crippen molar-refractivity contribution >= 4 is 11.9 Å². The fourth-order valence-corrected chi connectivity index (χ4v) is 4.66. The van der Waals surface area contributed by atoms with E-state index in [9.17, 15) is 9.59 Å². The highest BCUT2D eigenvalue weighted by Crippen LogP contribution is 2.13. The van der Waals surface area contributed by atoms with Crippen molar-refractivity contribution in [2.24, 2.45) is 0 Å². The van der Waals surface area contributed by atoms with Gasteiger partial charge < -0.3 is 9.84 Å². The first kappa shape index (κ1) is 36.4. The first-order chi connectivity index (χ1) is 18.7. The summed E-state index contributed by atoms with van der Waals surface area (Å²) < 4.78 is 5.40. The van der Waals surface area contributed by atoms with Crippen molar-refractivity contribution < 1.29 is 19.4 Å². The fourth-order valence-electron chi connectivity index (χ4n) is 4.66. The summed E-state index contributed by atoms with van der Waals surface area (Å²) in [6.45, 7) is 2.83. The van der Waals surface area contributed by atoms with Gasteiger partial charge in [0.1, 0.15) is 0 Å². The number of esters is 1. The van der Waals surface area contributed by atoms with Crippen molar-refractivity contribution in [1.82, 2.24) is 0 Å². The van der Waals surface area contributed by atoms with Crippen LogP contribution >= 0.6 is 0 Å². The number of carbonyl (C=O) groups is 2. The molecule has 0 unspecified atom stereocenters. The van der Waals surface area contributed by atoms with E-state index in [4.69, 9.17) is 9.84 Å². The van der Waals surface area contributed by atoms with Gasteiger partial charge in [-0.3, -0.25) is 9.59 Å². The van der Waals surface area contributed by atoms with Gasteiger partial charge in [-0.1, -0.05) is 134 Å². The zero-order chi connectivity index (χ0) is 27.8. The molecule has 0 aromatic rings. The van der Waals surface area contributed by atoms with Crippen LogP contribution in [0.3, 0.4) is 0 Å². The zero-order valence-corrected chi connectivity index (χ0v) is 25.1. The van der Waals surface area contributed by atoms with Crippen molar-refractivity contribution in [3.05, 3.63) is 24.3 Å². The first-order valence-electron chi connectivity index (χ1n) is 16.3. The van der Waals surface area contributed by atoms with Crippen LogP contribution < -0.4 is 0 Å². The molecule has 0 aliphatic carbocycles. The molecule has 4 nitrogen and oxygen atoms in total. The van der Waals surface area contributed by atoms with E-state index in [0.717, 1.165) is 44.9 Å². The highest BCUT2D eigenvalue weighted by molar-refractivity contribution is 5.69. The third kappa shape index (κ3) is 32.4. The molecule has 222 valence electrons. The Labute approximate surface area is 236 Å². The molecule has 0 aliphatic heterocycles. The standard InChI is InChI=1S/C34H62O4/c1-2-3-4-5-6-7-8-9-10-13-16-19-22-25-28-31-34(37)38-32-29-26-23-20-17-14-11-12-15-18-21-24-27-30-33(35)36/h6-7,9-10H,2-5,8,11-32H2,1H3,(H,35,36)/b7-6-,10-9-. The van der Waals surface area contributed by atoms with Crippen LogP contribution in [0, 0.1) is 0 Å². The zero-order valence-electron chi connectivity index (χ0n) is 25.1. The second kappa shape index (κ2) is 31.6. The van der Waals surface area contributed by atoms with E-state index in [1.54, 1.807) is 0 Å². The van der Waals surface area contributed by atoms with E-state index in [1.807, 2.05) is 0 Å². The molecule has 0 radical (unpaired) electrons. The molecule has 0 amide bonds. The van der Waals surface area contributed by atoms with Gasteiger partial charge in [-0.25, -0.2) is 0 Å². The molecule has 0 spiro atoms. The summed E-state index contributed by atoms with van der Waals surface area (Å²) in [5, 5.41) is 8.61. The smallest absolute Gasteiger partial charge is 0.305 e. The number of allylic oxidation sites excluding steroid dienone is 4. The topological polar surface area (TPSA) is 63.6 Å². The molecule has 0 aliphatic rings. The Bertz CT molecular complexity index is 567. The average Bonchev–Trinajstić information content (AvgIpc) is 2.90. The second-order valence-corrected chi connectivity index (χ2v) is 10.9. The Hall–Kier alpha value is -1.58. The van der Waals surface area contributed by atoms with E-state index >= 15 is 0 Å². The van der Waals surface area contributed by atoms with E-state index in [-0.39, 0.29) is 5.97 Å². The van der Waals surface area contributed by atoms with Gasteiger partial charge in [0.2, 0.25) is 0 Å². The van der Waals surface area contributed by atoms with Gasteiger partial charge in [0.25, 0.3) is 0 Å². The SMILES string of the molecule is CCCCC/C=C\C/C=C\CCCCCCCC(=O)OCCCCCCCCCCCCCCCC(=O)O. The fraction of sp³-hybridized carbons (Fsp3) is 0.824. The third-order valence-corrected chi connectivity index (χ3v) is 7.13. The number of carboxylic acid groups (broad SMARTS) is 1.